The summed E-state index contributed by atoms with van der Waals surface area (Å²) < 4.78 is 0. The quantitative estimate of drug-likeness (QED) is 0.819. The summed E-state index contributed by atoms with van der Waals surface area (Å²) in [6, 6.07) is 0.156. The van der Waals surface area contributed by atoms with Crippen LogP contribution in [0.15, 0.2) is 6.20 Å². The van der Waals surface area contributed by atoms with E-state index >= 15 is 0 Å². The molecular formula is C13H23N3O. The van der Waals surface area contributed by atoms with E-state index in [2.05, 4.69) is 22.2 Å². The average Bonchev–Trinajstić information content (AvgIpc) is 2.25. The van der Waals surface area contributed by atoms with Crippen molar-refractivity contribution in [2.45, 2.75) is 46.8 Å². The van der Waals surface area contributed by atoms with Gasteiger partial charge >= 0.3 is 0 Å². The molecule has 96 valence electrons. The maximum Gasteiger partial charge on any atom is 0.125 e. The van der Waals surface area contributed by atoms with E-state index in [0.717, 1.165) is 17.1 Å². The molecule has 0 radical (unpaired) electrons. The zero-order valence-corrected chi connectivity index (χ0v) is 11.4. The van der Waals surface area contributed by atoms with Crippen LogP contribution < -0.4 is 5.32 Å². The lowest BCUT2D eigenvalue weighted by atomic mass is 10.1. The topological polar surface area (TPSA) is 58.0 Å². The summed E-state index contributed by atoms with van der Waals surface area (Å²) >= 11 is 0. The lowest BCUT2D eigenvalue weighted by Gasteiger charge is -2.20. The second kappa shape index (κ2) is 6.07. The number of aryl methyl sites for hydroxylation is 2. The van der Waals surface area contributed by atoms with Crippen molar-refractivity contribution in [3.63, 3.8) is 0 Å². The summed E-state index contributed by atoms with van der Waals surface area (Å²) in [5.74, 6) is 1.06. The lowest BCUT2D eigenvalue weighted by molar-refractivity contribution is 0.120. The molecule has 1 aromatic heterocycles. The molecular weight excluding hydrogens is 214 g/mol. The number of rotatable bonds is 5. The van der Waals surface area contributed by atoms with Crippen molar-refractivity contribution in [1.82, 2.24) is 15.3 Å². The molecule has 1 rings (SSSR count). The SMILES string of the molecule is Cc1ncc(C(C)NCC(O)C(C)C)c(C)n1. The normalized spacial score (nSPS) is 15.0. The van der Waals surface area contributed by atoms with Crippen molar-refractivity contribution >= 4 is 0 Å². The molecule has 2 atom stereocenters. The predicted octanol–water partition coefficient (Wildman–Crippen LogP) is 1.76. The van der Waals surface area contributed by atoms with Gasteiger partial charge in [-0.1, -0.05) is 13.8 Å². The molecule has 2 N–H and O–H groups in total. The number of hydrogen-bond donors (Lipinski definition) is 2. The van der Waals surface area contributed by atoms with Gasteiger partial charge in [-0.3, -0.25) is 0 Å². The number of nitrogens with zero attached hydrogens (tertiary/aromatic N) is 2. The first-order valence-electron chi connectivity index (χ1n) is 6.13. The van der Waals surface area contributed by atoms with Crippen LogP contribution in [0.1, 0.15) is 43.9 Å². The molecule has 0 aromatic carbocycles. The Bertz CT molecular complexity index is 366. The van der Waals surface area contributed by atoms with Gasteiger partial charge in [0, 0.05) is 30.0 Å². The minimum absolute atomic E-state index is 0.156. The molecule has 1 heterocycles. The van der Waals surface area contributed by atoms with Gasteiger partial charge in [0.05, 0.1) is 6.10 Å². The molecule has 17 heavy (non-hydrogen) atoms. The minimum atomic E-state index is -0.316. The van der Waals surface area contributed by atoms with Gasteiger partial charge in [-0.05, 0) is 26.7 Å². The Kier molecular flexibility index (Phi) is 5.02. The monoisotopic (exact) mass is 237 g/mol. The molecule has 1 aromatic rings. The maximum absolute atomic E-state index is 9.74. The lowest BCUT2D eigenvalue weighted by Crippen LogP contribution is -2.32. The Hall–Kier alpha value is -1.00. The number of aliphatic hydroxyl groups is 1. The number of aliphatic hydroxyl groups excluding tert-OH is 1. The van der Waals surface area contributed by atoms with Gasteiger partial charge in [-0.2, -0.15) is 0 Å². The fourth-order valence-electron chi connectivity index (χ4n) is 1.66. The molecule has 0 saturated heterocycles. The van der Waals surface area contributed by atoms with Crippen LogP contribution in [0.5, 0.6) is 0 Å². The third-order valence-electron chi connectivity index (χ3n) is 3.01. The van der Waals surface area contributed by atoms with Gasteiger partial charge in [-0.25, -0.2) is 9.97 Å². The zero-order chi connectivity index (χ0) is 13.0. The molecule has 0 amide bonds. The second-order valence-corrected chi connectivity index (χ2v) is 4.90. The van der Waals surface area contributed by atoms with Crippen molar-refractivity contribution in [2.24, 2.45) is 5.92 Å². The Labute approximate surface area is 103 Å². The van der Waals surface area contributed by atoms with Crippen LogP contribution in [0.2, 0.25) is 0 Å². The molecule has 0 aliphatic carbocycles. The van der Waals surface area contributed by atoms with Crippen molar-refractivity contribution in [1.29, 1.82) is 0 Å². The van der Waals surface area contributed by atoms with Crippen molar-refractivity contribution < 1.29 is 5.11 Å². The van der Waals surface area contributed by atoms with E-state index in [1.807, 2.05) is 33.9 Å². The van der Waals surface area contributed by atoms with Gasteiger partial charge in [0.25, 0.3) is 0 Å². The summed E-state index contributed by atoms with van der Waals surface area (Å²) in [4.78, 5) is 8.55. The highest BCUT2D eigenvalue weighted by atomic mass is 16.3. The van der Waals surface area contributed by atoms with Crippen LogP contribution in [0, 0.1) is 19.8 Å². The van der Waals surface area contributed by atoms with Crippen LogP contribution in [0.3, 0.4) is 0 Å². The smallest absolute Gasteiger partial charge is 0.125 e. The molecule has 0 aliphatic rings. The molecule has 0 saturated carbocycles. The Morgan fingerprint density at radius 1 is 1.29 bits per heavy atom. The van der Waals surface area contributed by atoms with Crippen molar-refractivity contribution in [3.05, 3.63) is 23.3 Å². The van der Waals surface area contributed by atoms with Crippen LogP contribution in [0.4, 0.5) is 0 Å². The van der Waals surface area contributed by atoms with Crippen molar-refractivity contribution in [2.75, 3.05) is 6.54 Å². The van der Waals surface area contributed by atoms with Crippen LogP contribution in [-0.2, 0) is 0 Å². The molecule has 0 bridgehead atoms. The van der Waals surface area contributed by atoms with Gasteiger partial charge in [-0.15, -0.1) is 0 Å². The summed E-state index contributed by atoms with van der Waals surface area (Å²) in [6.45, 7) is 10.5. The fraction of sp³-hybridized carbons (Fsp3) is 0.692. The van der Waals surface area contributed by atoms with E-state index < -0.39 is 0 Å². The fourth-order valence-corrected chi connectivity index (χ4v) is 1.66. The molecule has 4 heteroatoms. The number of hydrogen-bond acceptors (Lipinski definition) is 4. The Balaban J connectivity index is 2.61. The highest BCUT2D eigenvalue weighted by molar-refractivity contribution is 5.19. The van der Waals surface area contributed by atoms with E-state index in [-0.39, 0.29) is 18.1 Å². The Morgan fingerprint density at radius 2 is 1.94 bits per heavy atom. The van der Waals surface area contributed by atoms with E-state index in [1.165, 1.54) is 0 Å². The van der Waals surface area contributed by atoms with E-state index in [9.17, 15) is 5.11 Å². The first-order valence-corrected chi connectivity index (χ1v) is 6.13. The third-order valence-corrected chi connectivity index (χ3v) is 3.01. The van der Waals surface area contributed by atoms with Crippen molar-refractivity contribution in [3.8, 4) is 0 Å². The van der Waals surface area contributed by atoms with Gasteiger partial charge in [0.1, 0.15) is 5.82 Å². The molecule has 2 unspecified atom stereocenters. The highest BCUT2D eigenvalue weighted by Gasteiger charge is 2.13. The van der Waals surface area contributed by atoms with Gasteiger partial charge in [0.15, 0.2) is 0 Å². The molecule has 0 aliphatic heterocycles. The Morgan fingerprint density at radius 3 is 2.47 bits per heavy atom. The summed E-state index contributed by atoms with van der Waals surface area (Å²) in [7, 11) is 0. The summed E-state index contributed by atoms with van der Waals surface area (Å²) in [6.07, 6.45) is 1.54. The number of nitrogens with one attached hydrogen (secondary N) is 1. The van der Waals surface area contributed by atoms with E-state index in [1.54, 1.807) is 0 Å². The zero-order valence-electron chi connectivity index (χ0n) is 11.4. The highest BCUT2D eigenvalue weighted by Crippen LogP contribution is 2.14. The van der Waals surface area contributed by atoms with Crippen LogP contribution in [0.25, 0.3) is 0 Å². The molecule has 0 fully saturated rings. The van der Waals surface area contributed by atoms with E-state index in [0.29, 0.717) is 6.54 Å². The minimum Gasteiger partial charge on any atom is -0.392 e. The maximum atomic E-state index is 9.74. The first-order chi connectivity index (χ1) is 7.91. The van der Waals surface area contributed by atoms with Crippen LogP contribution in [-0.4, -0.2) is 27.7 Å². The van der Waals surface area contributed by atoms with Gasteiger partial charge in [0.2, 0.25) is 0 Å². The van der Waals surface area contributed by atoms with E-state index in [4.69, 9.17) is 0 Å². The largest absolute Gasteiger partial charge is 0.392 e. The molecule has 4 nitrogen and oxygen atoms in total. The summed E-state index contributed by atoms with van der Waals surface area (Å²) in [5, 5.41) is 13.1. The first kappa shape index (κ1) is 14.1. The summed E-state index contributed by atoms with van der Waals surface area (Å²) in [5.41, 5.74) is 2.09. The standard InChI is InChI=1S/C13H23N3O/c1-8(2)13(17)7-14-9(3)12-6-15-11(5)16-10(12)4/h6,8-9,13-14,17H,7H2,1-5H3. The third kappa shape index (κ3) is 4.06. The predicted molar refractivity (Wildman–Crippen MR) is 68.8 cm³/mol. The second-order valence-electron chi connectivity index (χ2n) is 4.90. The number of aromatic nitrogens is 2. The molecule has 0 spiro atoms. The van der Waals surface area contributed by atoms with Gasteiger partial charge < -0.3 is 10.4 Å². The van der Waals surface area contributed by atoms with Crippen LogP contribution >= 0.6 is 0 Å². The average molecular weight is 237 g/mol.